The molecule has 0 atom stereocenters. The van der Waals surface area contributed by atoms with Gasteiger partial charge in [-0.25, -0.2) is 8.78 Å². The summed E-state index contributed by atoms with van der Waals surface area (Å²) in [6.07, 6.45) is -2.76. The van der Waals surface area contributed by atoms with E-state index in [1.54, 1.807) is 12.1 Å². The Balaban J connectivity index is 1.99. The highest BCUT2D eigenvalue weighted by Gasteiger charge is 2.17. The van der Waals surface area contributed by atoms with E-state index in [4.69, 9.17) is 4.74 Å². The lowest BCUT2D eigenvalue weighted by Crippen LogP contribution is -2.01. The lowest BCUT2D eigenvalue weighted by atomic mass is 10.2. The van der Waals surface area contributed by atoms with E-state index < -0.39 is 12.2 Å². The highest BCUT2D eigenvalue weighted by Crippen LogP contribution is 2.29. The monoisotopic (exact) mass is 354 g/mol. The van der Waals surface area contributed by atoms with Gasteiger partial charge in [-0.3, -0.25) is 0 Å². The number of halogens is 3. The molecule has 0 fully saturated rings. The zero-order valence-corrected chi connectivity index (χ0v) is 12.4. The molecule has 0 aliphatic rings. The van der Waals surface area contributed by atoms with Gasteiger partial charge in [0.2, 0.25) is 11.7 Å². The van der Waals surface area contributed by atoms with Gasteiger partial charge in [-0.2, -0.15) is 4.52 Å². The average Bonchev–Trinajstić information content (AvgIpc) is 2.85. The number of aryl methyl sites for hydroxylation is 1. The van der Waals surface area contributed by atoms with Gasteiger partial charge in [-0.1, -0.05) is 6.07 Å². The van der Waals surface area contributed by atoms with Crippen LogP contribution in [0.3, 0.4) is 0 Å². The minimum absolute atomic E-state index is 0.175. The summed E-state index contributed by atoms with van der Waals surface area (Å²) in [6.45, 7) is 1.95. The first kappa shape index (κ1) is 13.9. The molecule has 0 aliphatic heterocycles. The van der Waals surface area contributed by atoms with Crippen LogP contribution in [0.2, 0.25) is 0 Å². The molecule has 1 aromatic carbocycles. The van der Waals surface area contributed by atoms with Crippen LogP contribution in [0, 0.1) is 6.92 Å². The van der Waals surface area contributed by atoms with Crippen LogP contribution in [0.5, 0.6) is 11.6 Å². The first-order valence-corrected chi connectivity index (χ1v) is 6.78. The number of hydrogen-bond acceptors (Lipinski definition) is 4. The number of nitrogens with zero attached hydrogens (tertiary/aromatic N) is 4. The molecule has 0 amide bonds. The predicted octanol–water partition coefficient (Wildman–Crippen LogP) is 3.93. The van der Waals surface area contributed by atoms with E-state index in [1.807, 2.05) is 19.1 Å². The van der Waals surface area contributed by atoms with Gasteiger partial charge in [0.25, 0.3) is 6.43 Å². The Morgan fingerprint density at radius 3 is 2.71 bits per heavy atom. The second kappa shape index (κ2) is 5.36. The average molecular weight is 355 g/mol. The van der Waals surface area contributed by atoms with Gasteiger partial charge in [0.15, 0.2) is 5.65 Å². The number of ether oxygens (including phenoxy) is 1. The smallest absolute Gasteiger partial charge is 0.299 e. The summed E-state index contributed by atoms with van der Waals surface area (Å²) in [5.41, 5.74) is 1.30. The Kier molecular flexibility index (Phi) is 3.54. The molecule has 0 saturated heterocycles. The SMILES string of the molecule is Cc1ccc(Oc2ccc3nnc(C(F)F)n3n2)c(Br)c1. The maximum Gasteiger partial charge on any atom is 0.299 e. The Morgan fingerprint density at radius 2 is 2.00 bits per heavy atom. The van der Waals surface area contributed by atoms with E-state index >= 15 is 0 Å². The summed E-state index contributed by atoms with van der Waals surface area (Å²) >= 11 is 3.38. The van der Waals surface area contributed by atoms with Crippen LogP contribution in [0.25, 0.3) is 5.65 Å². The second-order valence-corrected chi connectivity index (χ2v) is 5.19. The van der Waals surface area contributed by atoms with E-state index in [9.17, 15) is 8.78 Å². The second-order valence-electron chi connectivity index (χ2n) is 4.34. The number of benzene rings is 1. The van der Waals surface area contributed by atoms with Gasteiger partial charge in [-0.05, 0) is 46.6 Å². The van der Waals surface area contributed by atoms with Crippen LogP contribution in [0.4, 0.5) is 8.78 Å². The number of alkyl halides is 2. The third-order valence-electron chi connectivity index (χ3n) is 2.76. The van der Waals surface area contributed by atoms with E-state index in [1.165, 1.54) is 6.07 Å². The molecular weight excluding hydrogens is 346 g/mol. The molecule has 0 aliphatic carbocycles. The van der Waals surface area contributed by atoms with Gasteiger partial charge in [0, 0.05) is 6.07 Å². The fourth-order valence-electron chi connectivity index (χ4n) is 1.78. The summed E-state index contributed by atoms with van der Waals surface area (Å²) in [6, 6.07) is 8.60. The Hall–Kier alpha value is -2.09. The molecule has 3 rings (SSSR count). The van der Waals surface area contributed by atoms with E-state index in [2.05, 4.69) is 31.2 Å². The molecule has 0 saturated carbocycles. The number of rotatable bonds is 3. The standard InChI is InChI=1S/C13H9BrF2N4O/c1-7-2-3-9(8(14)6-7)21-11-5-4-10-17-18-13(12(15)16)20(10)19-11/h2-6,12H,1H3. The molecule has 0 bridgehead atoms. The van der Waals surface area contributed by atoms with Gasteiger partial charge >= 0.3 is 0 Å². The summed E-state index contributed by atoms with van der Waals surface area (Å²) < 4.78 is 32.9. The topological polar surface area (TPSA) is 52.3 Å². The zero-order chi connectivity index (χ0) is 15.0. The van der Waals surface area contributed by atoms with Crippen molar-refractivity contribution in [3.8, 4) is 11.6 Å². The first-order chi connectivity index (χ1) is 10.0. The summed E-state index contributed by atoms with van der Waals surface area (Å²) in [4.78, 5) is 0. The minimum atomic E-state index is -2.76. The molecule has 8 heteroatoms. The largest absolute Gasteiger partial charge is 0.436 e. The molecule has 0 N–H and O–H groups in total. The van der Waals surface area contributed by atoms with Crippen molar-refractivity contribution in [2.24, 2.45) is 0 Å². The van der Waals surface area contributed by atoms with Crippen molar-refractivity contribution in [1.82, 2.24) is 19.8 Å². The minimum Gasteiger partial charge on any atom is -0.436 e. The number of fused-ring (bicyclic) bond motifs is 1. The normalized spacial score (nSPS) is 11.3. The van der Waals surface area contributed by atoms with Gasteiger partial charge in [-0.15, -0.1) is 15.3 Å². The molecule has 5 nitrogen and oxygen atoms in total. The van der Waals surface area contributed by atoms with E-state index in [-0.39, 0.29) is 11.5 Å². The number of hydrogen-bond donors (Lipinski definition) is 0. The van der Waals surface area contributed by atoms with Crippen LogP contribution in [-0.4, -0.2) is 19.8 Å². The van der Waals surface area contributed by atoms with Crippen LogP contribution < -0.4 is 4.74 Å². The third kappa shape index (κ3) is 2.71. The van der Waals surface area contributed by atoms with Crippen molar-refractivity contribution < 1.29 is 13.5 Å². The first-order valence-electron chi connectivity index (χ1n) is 5.99. The van der Waals surface area contributed by atoms with Crippen molar-refractivity contribution in [2.45, 2.75) is 13.3 Å². The molecule has 0 radical (unpaired) electrons. The van der Waals surface area contributed by atoms with Crippen molar-refractivity contribution in [3.63, 3.8) is 0 Å². The van der Waals surface area contributed by atoms with E-state index in [0.29, 0.717) is 5.75 Å². The fraction of sp³-hybridized carbons (Fsp3) is 0.154. The van der Waals surface area contributed by atoms with Crippen molar-refractivity contribution in [3.05, 3.63) is 46.2 Å². The van der Waals surface area contributed by atoms with Crippen LogP contribution in [0.15, 0.2) is 34.8 Å². The maximum absolute atomic E-state index is 12.8. The lowest BCUT2D eigenvalue weighted by Gasteiger charge is -2.07. The summed E-state index contributed by atoms with van der Waals surface area (Å²) in [7, 11) is 0. The van der Waals surface area contributed by atoms with E-state index in [0.717, 1.165) is 14.6 Å². The highest BCUT2D eigenvalue weighted by atomic mass is 79.9. The van der Waals surface area contributed by atoms with Crippen molar-refractivity contribution in [1.29, 1.82) is 0 Å². The highest BCUT2D eigenvalue weighted by molar-refractivity contribution is 9.10. The molecule has 2 heterocycles. The maximum atomic E-state index is 12.8. The summed E-state index contributed by atoms with van der Waals surface area (Å²) in [5.74, 6) is 0.200. The lowest BCUT2D eigenvalue weighted by molar-refractivity contribution is 0.137. The van der Waals surface area contributed by atoms with Crippen LogP contribution in [0.1, 0.15) is 17.8 Å². The summed E-state index contributed by atoms with van der Waals surface area (Å²) in [5, 5.41) is 11.0. The Morgan fingerprint density at radius 1 is 1.19 bits per heavy atom. The fourth-order valence-corrected chi connectivity index (χ4v) is 2.35. The zero-order valence-electron chi connectivity index (χ0n) is 10.8. The van der Waals surface area contributed by atoms with Crippen LogP contribution >= 0.6 is 15.9 Å². The molecule has 108 valence electrons. The van der Waals surface area contributed by atoms with Crippen molar-refractivity contribution >= 4 is 21.6 Å². The molecular formula is C13H9BrF2N4O. The molecule has 0 spiro atoms. The number of aromatic nitrogens is 4. The molecule has 21 heavy (non-hydrogen) atoms. The van der Waals surface area contributed by atoms with Crippen LogP contribution in [-0.2, 0) is 0 Å². The van der Waals surface area contributed by atoms with Gasteiger partial charge in [0.05, 0.1) is 4.47 Å². The predicted molar refractivity (Wildman–Crippen MR) is 74.7 cm³/mol. The van der Waals surface area contributed by atoms with Gasteiger partial charge in [0.1, 0.15) is 5.75 Å². The molecule has 3 aromatic rings. The molecule has 0 unspecified atom stereocenters. The Labute approximate surface area is 126 Å². The molecule has 2 aromatic heterocycles. The van der Waals surface area contributed by atoms with Gasteiger partial charge < -0.3 is 4.74 Å². The quantitative estimate of drug-likeness (QED) is 0.715. The van der Waals surface area contributed by atoms with Crippen molar-refractivity contribution in [2.75, 3.05) is 0 Å². The Bertz CT molecular complexity index is 806. The third-order valence-corrected chi connectivity index (χ3v) is 3.38.